The van der Waals surface area contributed by atoms with Gasteiger partial charge in [-0.3, -0.25) is 9.48 Å². The SMILES string of the molecule is CCOC(=O)c1nn(CC2(c3cccc(C(F)(F)F)c3)CCCC2)c(-c2ccccc2)c(C)c1=O. The molecule has 1 aliphatic carbocycles. The molecule has 0 unspecified atom stereocenters. The van der Waals surface area contributed by atoms with Crippen molar-refractivity contribution >= 4 is 5.97 Å². The predicted molar refractivity (Wildman–Crippen MR) is 126 cm³/mol. The van der Waals surface area contributed by atoms with E-state index in [1.807, 2.05) is 30.3 Å². The van der Waals surface area contributed by atoms with Crippen LogP contribution in [0.15, 0.2) is 59.4 Å². The molecule has 35 heavy (non-hydrogen) atoms. The van der Waals surface area contributed by atoms with Crippen molar-refractivity contribution in [1.82, 2.24) is 9.78 Å². The molecule has 1 heterocycles. The summed E-state index contributed by atoms with van der Waals surface area (Å²) in [6.45, 7) is 3.60. The molecular weight excluding hydrogens is 457 g/mol. The Hall–Kier alpha value is -3.42. The van der Waals surface area contributed by atoms with Crippen LogP contribution in [-0.2, 0) is 22.9 Å². The van der Waals surface area contributed by atoms with E-state index in [9.17, 15) is 22.8 Å². The van der Waals surface area contributed by atoms with Crippen molar-refractivity contribution in [3.8, 4) is 11.3 Å². The maximum absolute atomic E-state index is 13.5. The summed E-state index contributed by atoms with van der Waals surface area (Å²) in [6.07, 6.45) is -1.38. The molecular formula is C27H27F3N2O3. The van der Waals surface area contributed by atoms with E-state index >= 15 is 0 Å². The zero-order valence-corrected chi connectivity index (χ0v) is 19.7. The van der Waals surface area contributed by atoms with Crippen LogP contribution in [0.4, 0.5) is 13.2 Å². The van der Waals surface area contributed by atoms with Crippen LogP contribution in [0, 0.1) is 6.92 Å². The highest BCUT2D eigenvalue weighted by molar-refractivity contribution is 5.87. The van der Waals surface area contributed by atoms with Gasteiger partial charge in [0, 0.05) is 16.5 Å². The molecule has 0 N–H and O–H groups in total. The number of ether oxygens (including phenoxy) is 1. The van der Waals surface area contributed by atoms with Crippen LogP contribution < -0.4 is 5.43 Å². The number of carbonyl (C=O) groups excluding carboxylic acids is 1. The summed E-state index contributed by atoms with van der Waals surface area (Å²) in [5, 5.41) is 4.44. The number of hydrogen-bond donors (Lipinski definition) is 0. The van der Waals surface area contributed by atoms with E-state index in [2.05, 4.69) is 5.10 Å². The number of nitrogens with zero attached hydrogens (tertiary/aromatic N) is 2. The number of benzene rings is 2. The Morgan fingerprint density at radius 1 is 1.09 bits per heavy atom. The Balaban J connectivity index is 1.90. The largest absolute Gasteiger partial charge is 0.461 e. The van der Waals surface area contributed by atoms with Gasteiger partial charge in [0.15, 0.2) is 0 Å². The lowest BCUT2D eigenvalue weighted by molar-refractivity contribution is -0.137. The van der Waals surface area contributed by atoms with Crippen LogP contribution in [0.5, 0.6) is 0 Å². The average Bonchev–Trinajstić information content (AvgIpc) is 3.31. The lowest BCUT2D eigenvalue weighted by Gasteiger charge is -2.32. The van der Waals surface area contributed by atoms with Gasteiger partial charge in [0.1, 0.15) is 0 Å². The standard InChI is InChI=1S/C27H27F3N2O3/c1-3-35-25(34)22-24(33)18(2)23(19-10-5-4-6-11-19)32(31-22)17-26(14-7-8-15-26)20-12-9-13-21(16-20)27(28,29)30/h4-6,9-13,16H,3,7-8,14-15,17H2,1-2H3. The van der Waals surface area contributed by atoms with E-state index < -0.39 is 28.6 Å². The smallest absolute Gasteiger partial charge is 0.416 e. The van der Waals surface area contributed by atoms with Crippen molar-refractivity contribution in [2.75, 3.05) is 6.61 Å². The second-order valence-corrected chi connectivity index (χ2v) is 8.96. The summed E-state index contributed by atoms with van der Waals surface area (Å²) in [7, 11) is 0. The van der Waals surface area contributed by atoms with Gasteiger partial charge in [-0.25, -0.2) is 4.79 Å². The first-order chi connectivity index (χ1) is 16.7. The maximum Gasteiger partial charge on any atom is 0.416 e. The molecule has 1 saturated carbocycles. The van der Waals surface area contributed by atoms with E-state index in [-0.39, 0.29) is 18.8 Å². The normalized spacial score (nSPS) is 15.2. The first-order valence-corrected chi connectivity index (χ1v) is 11.7. The van der Waals surface area contributed by atoms with Gasteiger partial charge in [0.05, 0.1) is 24.4 Å². The van der Waals surface area contributed by atoms with Crippen LogP contribution in [0.25, 0.3) is 11.3 Å². The van der Waals surface area contributed by atoms with E-state index in [1.54, 1.807) is 24.6 Å². The lowest BCUT2D eigenvalue weighted by Crippen LogP contribution is -2.34. The Labute approximate surface area is 201 Å². The Kier molecular flexibility index (Phi) is 6.83. The van der Waals surface area contributed by atoms with Crippen molar-refractivity contribution in [2.45, 2.75) is 57.7 Å². The molecule has 1 fully saturated rings. The molecule has 0 saturated heterocycles. The van der Waals surface area contributed by atoms with Crippen LogP contribution >= 0.6 is 0 Å². The molecule has 8 heteroatoms. The van der Waals surface area contributed by atoms with Crippen molar-refractivity contribution in [3.63, 3.8) is 0 Å². The van der Waals surface area contributed by atoms with Gasteiger partial charge in [-0.15, -0.1) is 0 Å². The van der Waals surface area contributed by atoms with E-state index in [0.717, 1.165) is 24.5 Å². The molecule has 0 bridgehead atoms. The van der Waals surface area contributed by atoms with Gasteiger partial charge in [-0.1, -0.05) is 61.4 Å². The fraction of sp³-hybridized carbons (Fsp3) is 0.370. The quantitative estimate of drug-likeness (QED) is 0.407. The molecule has 0 radical (unpaired) electrons. The van der Waals surface area contributed by atoms with Crippen molar-refractivity contribution in [1.29, 1.82) is 0 Å². The van der Waals surface area contributed by atoms with Gasteiger partial charge >= 0.3 is 12.1 Å². The van der Waals surface area contributed by atoms with Gasteiger partial charge in [-0.05, 0) is 38.3 Å². The highest BCUT2D eigenvalue weighted by Crippen LogP contribution is 2.44. The number of aromatic nitrogens is 2. The summed E-state index contributed by atoms with van der Waals surface area (Å²) in [4.78, 5) is 25.6. The minimum absolute atomic E-state index is 0.0909. The third-order valence-electron chi connectivity index (χ3n) is 6.72. The van der Waals surface area contributed by atoms with E-state index in [4.69, 9.17) is 4.74 Å². The fourth-order valence-corrected chi connectivity index (χ4v) is 5.01. The number of alkyl halides is 3. The average molecular weight is 485 g/mol. The Bertz CT molecular complexity index is 1280. The zero-order valence-electron chi connectivity index (χ0n) is 19.7. The summed E-state index contributed by atoms with van der Waals surface area (Å²) in [5.41, 5.74) is 0.0564. The molecule has 1 aliphatic rings. The Morgan fingerprint density at radius 3 is 2.40 bits per heavy atom. The minimum atomic E-state index is -4.45. The topological polar surface area (TPSA) is 61.2 Å². The van der Waals surface area contributed by atoms with Crippen molar-refractivity contribution in [3.05, 3.63) is 87.2 Å². The van der Waals surface area contributed by atoms with Gasteiger partial charge in [-0.2, -0.15) is 18.3 Å². The van der Waals surface area contributed by atoms with Crippen molar-refractivity contribution < 1.29 is 22.7 Å². The minimum Gasteiger partial charge on any atom is -0.461 e. The lowest BCUT2D eigenvalue weighted by atomic mass is 9.78. The molecule has 3 aromatic rings. The monoisotopic (exact) mass is 484 g/mol. The molecule has 0 atom stereocenters. The molecule has 0 spiro atoms. The zero-order chi connectivity index (χ0) is 25.2. The molecule has 5 nitrogen and oxygen atoms in total. The molecule has 0 amide bonds. The molecule has 1 aromatic heterocycles. The van der Waals surface area contributed by atoms with Crippen LogP contribution in [0.3, 0.4) is 0 Å². The first-order valence-electron chi connectivity index (χ1n) is 11.7. The second kappa shape index (κ2) is 9.68. The molecule has 184 valence electrons. The highest BCUT2D eigenvalue weighted by Gasteiger charge is 2.39. The third-order valence-corrected chi connectivity index (χ3v) is 6.72. The number of carbonyl (C=O) groups is 1. The highest BCUT2D eigenvalue weighted by atomic mass is 19.4. The Morgan fingerprint density at radius 2 is 1.77 bits per heavy atom. The molecule has 4 rings (SSSR count). The fourth-order valence-electron chi connectivity index (χ4n) is 5.01. The number of halogens is 3. The second-order valence-electron chi connectivity index (χ2n) is 8.96. The van der Waals surface area contributed by atoms with Crippen molar-refractivity contribution in [2.24, 2.45) is 0 Å². The third kappa shape index (κ3) is 4.88. The van der Waals surface area contributed by atoms with Crippen LogP contribution in [-0.4, -0.2) is 22.4 Å². The van der Waals surface area contributed by atoms with Gasteiger partial charge in [0.25, 0.3) is 0 Å². The van der Waals surface area contributed by atoms with Crippen LogP contribution in [0.1, 0.15) is 59.8 Å². The summed E-state index contributed by atoms with van der Waals surface area (Å²) in [5.74, 6) is -0.812. The number of rotatable bonds is 6. The maximum atomic E-state index is 13.5. The predicted octanol–water partition coefficient (Wildman–Crippen LogP) is 5.93. The summed E-state index contributed by atoms with van der Waals surface area (Å²) in [6, 6.07) is 14.7. The van der Waals surface area contributed by atoms with Crippen LogP contribution in [0.2, 0.25) is 0 Å². The number of hydrogen-bond acceptors (Lipinski definition) is 4. The summed E-state index contributed by atoms with van der Waals surface area (Å²) < 4.78 is 47.2. The number of esters is 1. The summed E-state index contributed by atoms with van der Waals surface area (Å²) >= 11 is 0. The van der Waals surface area contributed by atoms with Gasteiger partial charge < -0.3 is 4.74 Å². The molecule has 2 aromatic carbocycles. The van der Waals surface area contributed by atoms with E-state index in [0.29, 0.717) is 29.7 Å². The first kappa shape index (κ1) is 24.7. The van der Waals surface area contributed by atoms with E-state index in [1.165, 1.54) is 12.1 Å². The molecule has 0 aliphatic heterocycles. The van der Waals surface area contributed by atoms with Gasteiger partial charge in [0.2, 0.25) is 11.1 Å².